The molecule has 0 spiro atoms. The standard InChI is InChI=1S/C16H11Cl3N2O5/c17-11-2-1-9(14(19)6-11)8-26-15(22)7-20-16(23)10-3-12(18)5-13(4-10)21(24)25/h1-6H,7-8H2,(H,20,23). The number of ether oxygens (including phenoxy) is 1. The van der Waals surface area contributed by atoms with Gasteiger partial charge in [0.05, 0.1) is 4.92 Å². The Morgan fingerprint density at radius 2 is 1.81 bits per heavy atom. The smallest absolute Gasteiger partial charge is 0.325 e. The molecule has 0 heterocycles. The summed E-state index contributed by atoms with van der Waals surface area (Å²) in [5.74, 6) is -1.40. The summed E-state index contributed by atoms with van der Waals surface area (Å²) >= 11 is 17.5. The molecule has 26 heavy (non-hydrogen) atoms. The number of hydrogen-bond donors (Lipinski definition) is 1. The van der Waals surface area contributed by atoms with Crippen LogP contribution in [-0.4, -0.2) is 23.3 Å². The third-order valence-electron chi connectivity index (χ3n) is 3.15. The van der Waals surface area contributed by atoms with Gasteiger partial charge in [-0.1, -0.05) is 40.9 Å². The zero-order chi connectivity index (χ0) is 19.3. The van der Waals surface area contributed by atoms with Crippen LogP contribution in [0, 0.1) is 10.1 Å². The van der Waals surface area contributed by atoms with Crippen molar-refractivity contribution in [1.29, 1.82) is 0 Å². The number of hydrogen-bond acceptors (Lipinski definition) is 5. The second-order valence-electron chi connectivity index (χ2n) is 5.03. The first kappa shape index (κ1) is 20.0. The van der Waals surface area contributed by atoms with Crippen LogP contribution in [0.3, 0.4) is 0 Å². The minimum atomic E-state index is -0.708. The Hall–Kier alpha value is -2.35. The van der Waals surface area contributed by atoms with E-state index in [2.05, 4.69) is 5.32 Å². The van der Waals surface area contributed by atoms with E-state index in [1.165, 1.54) is 12.1 Å². The second kappa shape index (κ2) is 8.84. The van der Waals surface area contributed by atoms with Gasteiger partial charge in [0.15, 0.2) is 0 Å². The van der Waals surface area contributed by atoms with Crippen LogP contribution in [0.5, 0.6) is 0 Å². The number of nitro benzene ring substituents is 1. The fourth-order valence-corrected chi connectivity index (χ4v) is 2.61. The molecule has 0 fully saturated rings. The monoisotopic (exact) mass is 416 g/mol. The van der Waals surface area contributed by atoms with Gasteiger partial charge in [0.25, 0.3) is 11.6 Å². The van der Waals surface area contributed by atoms with E-state index in [9.17, 15) is 19.7 Å². The van der Waals surface area contributed by atoms with Gasteiger partial charge < -0.3 is 10.1 Å². The van der Waals surface area contributed by atoms with Crippen molar-refractivity contribution in [3.63, 3.8) is 0 Å². The van der Waals surface area contributed by atoms with E-state index < -0.39 is 23.3 Å². The van der Waals surface area contributed by atoms with Gasteiger partial charge in [0.1, 0.15) is 13.2 Å². The number of carbonyl (C=O) groups is 2. The Morgan fingerprint density at radius 1 is 1.08 bits per heavy atom. The first-order valence-electron chi connectivity index (χ1n) is 7.09. The lowest BCUT2D eigenvalue weighted by molar-refractivity contribution is -0.384. The molecule has 0 saturated carbocycles. The fraction of sp³-hybridized carbons (Fsp3) is 0.125. The molecular formula is C16H11Cl3N2O5. The van der Waals surface area contributed by atoms with Crippen molar-refractivity contribution in [3.8, 4) is 0 Å². The molecule has 0 aliphatic carbocycles. The highest BCUT2D eigenvalue weighted by atomic mass is 35.5. The predicted molar refractivity (Wildman–Crippen MR) is 96.7 cm³/mol. The Labute approximate surface area is 162 Å². The quantitative estimate of drug-likeness (QED) is 0.435. The SMILES string of the molecule is O=C(CNC(=O)c1cc(Cl)cc([N+](=O)[O-])c1)OCc1ccc(Cl)cc1Cl. The van der Waals surface area contributed by atoms with Crippen LogP contribution in [0.15, 0.2) is 36.4 Å². The Kier molecular flexibility index (Phi) is 6.79. The number of non-ortho nitro benzene ring substituents is 1. The highest BCUT2D eigenvalue weighted by Crippen LogP contribution is 2.22. The third kappa shape index (κ3) is 5.59. The van der Waals surface area contributed by atoms with Crippen LogP contribution < -0.4 is 5.32 Å². The number of nitro groups is 1. The third-order valence-corrected chi connectivity index (χ3v) is 3.96. The van der Waals surface area contributed by atoms with Crippen LogP contribution in [0.2, 0.25) is 15.1 Å². The number of nitrogens with zero attached hydrogens (tertiary/aromatic N) is 1. The first-order valence-corrected chi connectivity index (χ1v) is 8.22. The van der Waals surface area contributed by atoms with Crippen LogP contribution in [-0.2, 0) is 16.1 Å². The van der Waals surface area contributed by atoms with Crippen LogP contribution in [0.1, 0.15) is 15.9 Å². The Balaban J connectivity index is 1.90. The molecule has 2 aromatic rings. The molecule has 2 rings (SSSR count). The molecule has 0 aliphatic heterocycles. The molecule has 10 heteroatoms. The maximum Gasteiger partial charge on any atom is 0.325 e. The van der Waals surface area contributed by atoms with E-state index >= 15 is 0 Å². The van der Waals surface area contributed by atoms with Crippen molar-refractivity contribution in [1.82, 2.24) is 5.32 Å². The average Bonchev–Trinajstić information content (AvgIpc) is 2.58. The summed E-state index contributed by atoms with van der Waals surface area (Å²) in [5.41, 5.74) is 0.182. The molecule has 1 N–H and O–H groups in total. The van der Waals surface area contributed by atoms with Gasteiger partial charge in [0.2, 0.25) is 0 Å². The van der Waals surface area contributed by atoms with E-state index in [4.69, 9.17) is 39.5 Å². The fourth-order valence-electron chi connectivity index (χ4n) is 1.91. The zero-order valence-electron chi connectivity index (χ0n) is 13.0. The minimum absolute atomic E-state index is 0.0318. The summed E-state index contributed by atoms with van der Waals surface area (Å²) in [7, 11) is 0. The molecule has 0 saturated heterocycles. The zero-order valence-corrected chi connectivity index (χ0v) is 15.3. The van der Waals surface area contributed by atoms with Crippen molar-refractivity contribution in [2.45, 2.75) is 6.61 Å². The van der Waals surface area contributed by atoms with Crippen LogP contribution >= 0.6 is 34.8 Å². The lowest BCUT2D eigenvalue weighted by atomic mass is 10.2. The topological polar surface area (TPSA) is 98.5 Å². The molecule has 1 amide bonds. The lowest BCUT2D eigenvalue weighted by Gasteiger charge is -2.08. The van der Waals surface area contributed by atoms with Gasteiger partial charge in [-0.25, -0.2) is 0 Å². The maximum atomic E-state index is 12.0. The predicted octanol–water partition coefficient (Wildman–Crippen LogP) is 4.03. The molecule has 0 aliphatic rings. The van der Waals surface area contributed by atoms with Gasteiger partial charge in [-0.05, 0) is 18.2 Å². The molecule has 0 radical (unpaired) electrons. The van der Waals surface area contributed by atoms with Crippen molar-refractivity contribution in [3.05, 3.63) is 72.7 Å². The summed E-state index contributed by atoms with van der Waals surface area (Å²) in [6, 6.07) is 8.15. The Bertz CT molecular complexity index is 873. The summed E-state index contributed by atoms with van der Waals surface area (Å²) in [6.07, 6.45) is 0. The van der Waals surface area contributed by atoms with Crippen LogP contribution in [0.25, 0.3) is 0 Å². The Morgan fingerprint density at radius 3 is 2.46 bits per heavy atom. The minimum Gasteiger partial charge on any atom is -0.459 e. The van der Waals surface area contributed by atoms with Gasteiger partial charge >= 0.3 is 5.97 Å². The number of benzene rings is 2. The molecular weight excluding hydrogens is 407 g/mol. The maximum absolute atomic E-state index is 12.0. The largest absolute Gasteiger partial charge is 0.459 e. The van der Waals surface area contributed by atoms with Crippen molar-refractivity contribution in [2.24, 2.45) is 0 Å². The first-order chi connectivity index (χ1) is 12.3. The highest BCUT2D eigenvalue weighted by molar-refractivity contribution is 6.35. The van der Waals surface area contributed by atoms with Crippen molar-refractivity contribution >= 4 is 52.4 Å². The molecule has 0 atom stereocenters. The summed E-state index contributed by atoms with van der Waals surface area (Å²) in [4.78, 5) is 33.8. The van der Waals surface area contributed by atoms with Gasteiger partial charge in [-0.3, -0.25) is 19.7 Å². The van der Waals surface area contributed by atoms with Crippen molar-refractivity contribution in [2.75, 3.05) is 6.54 Å². The van der Waals surface area contributed by atoms with Gasteiger partial charge in [-0.2, -0.15) is 0 Å². The summed E-state index contributed by atoms with van der Waals surface area (Å²) < 4.78 is 5.01. The highest BCUT2D eigenvalue weighted by Gasteiger charge is 2.15. The number of esters is 1. The van der Waals surface area contributed by atoms with Gasteiger partial charge in [-0.15, -0.1) is 0 Å². The van der Waals surface area contributed by atoms with E-state index in [0.717, 1.165) is 12.1 Å². The summed E-state index contributed by atoms with van der Waals surface area (Å²) in [5, 5.41) is 13.9. The number of halogens is 3. The van der Waals surface area contributed by atoms with Crippen LogP contribution in [0.4, 0.5) is 5.69 Å². The molecule has 2 aromatic carbocycles. The molecule has 0 bridgehead atoms. The summed E-state index contributed by atoms with van der Waals surface area (Å²) in [6.45, 7) is -0.516. The number of amides is 1. The van der Waals surface area contributed by atoms with E-state index in [0.29, 0.717) is 15.6 Å². The van der Waals surface area contributed by atoms with Gasteiger partial charge in [0, 0.05) is 38.3 Å². The normalized spacial score (nSPS) is 10.3. The van der Waals surface area contributed by atoms with E-state index in [1.54, 1.807) is 12.1 Å². The molecule has 7 nitrogen and oxygen atoms in total. The molecule has 136 valence electrons. The van der Waals surface area contributed by atoms with E-state index in [-0.39, 0.29) is 22.9 Å². The lowest BCUT2D eigenvalue weighted by Crippen LogP contribution is -2.30. The number of nitrogens with one attached hydrogen (secondary N) is 1. The molecule has 0 unspecified atom stereocenters. The van der Waals surface area contributed by atoms with E-state index in [1.807, 2.05) is 0 Å². The number of rotatable bonds is 6. The average molecular weight is 418 g/mol. The molecule has 0 aromatic heterocycles. The number of carbonyl (C=O) groups excluding carboxylic acids is 2. The second-order valence-corrected chi connectivity index (χ2v) is 6.31. The van der Waals surface area contributed by atoms with Crippen molar-refractivity contribution < 1.29 is 19.2 Å².